The van der Waals surface area contributed by atoms with E-state index >= 15 is 0 Å². The van der Waals surface area contributed by atoms with Crippen LogP contribution in [-0.2, 0) is 6.42 Å². The monoisotopic (exact) mass is 274 g/mol. The summed E-state index contributed by atoms with van der Waals surface area (Å²) < 4.78 is 6.25. The van der Waals surface area contributed by atoms with Gasteiger partial charge in [0, 0.05) is 11.8 Å². The fourth-order valence-electron chi connectivity index (χ4n) is 3.94. The van der Waals surface area contributed by atoms with Crippen molar-refractivity contribution in [2.45, 2.75) is 70.5 Å². The van der Waals surface area contributed by atoms with Gasteiger partial charge in [-0.2, -0.15) is 0 Å². The molecule has 0 aromatic heterocycles. The van der Waals surface area contributed by atoms with Crippen LogP contribution >= 0.6 is 0 Å². The third-order valence-electron chi connectivity index (χ3n) is 5.36. The third-order valence-corrected chi connectivity index (χ3v) is 5.36. The molecule has 2 aliphatic rings. The molecule has 0 saturated heterocycles. The van der Waals surface area contributed by atoms with E-state index < -0.39 is 0 Å². The molecule has 0 radical (unpaired) electrons. The van der Waals surface area contributed by atoms with Crippen LogP contribution in [0.3, 0.4) is 0 Å². The molecule has 20 heavy (non-hydrogen) atoms. The molecular weight excluding hydrogens is 248 g/mol. The summed E-state index contributed by atoms with van der Waals surface area (Å²) in [5.41, 5.74) is 1.36. The summed E-state index contributed by atoms with van der Waals surface area (Å²) in [5.74, 6) is 0.977. The van der Waals surface area contributed by atoms with Crippen LogP contribution in [0.2, 0.25) is 0 Å². The van der Waals surface area contributed by atoms with Crippen LogP contribution in [0.15, 0.2) is 24.3 Å². The van der Waals surface area contributed by atoms with E-state index in [1.165, 1.54) is 31.2 Å². The molecule has 1 spiro atoms. The smallest absolute Gasteiger partial charge is 0.120 e. The minimum absolute atomic E-state index is 0.0404. The Bertz CT molecular complexity index is 446. The lowest BCUT2D eigenvalue weighted by atomic mass is 9.59. The first kappa shape index (κ1) is 13.9. The molecule has 2 heteroatoms. The molecule has 2 unspecified atom stereocenters. The molecule has 1 aromatic carbocycles. The number of aliphatic hydroxyl groups excluding tert-OH is 1. The van der Waals surface area contributed by atoms with Crippen LogP contribution in [0.25, 0.3) is 0 Å². The molecule has 1 aromatic rings. The molecule has 1 N–H and O–H groups in total. The van der Waals surface area contributed by atoms with Crippen molar-refractivity contribution in [3.05, 3.63) is 29.8 Å². The maximum atomic E-state index is 10.3. The second-order valence-corrected chi connectivity index (χ2v) is 6.51. The Morgan fingerprint density at radius 3 is 2.60 bits per heavy atom. The zero-order valence-corrected chi connectivity index (χ0v) is 12.5. The van der Waals surface area contributed by atoms with Gasteiger partial charge < -0.3 is 9.84 Å². The van der Waals surface area contributed by atoms with Crippen LogP contribution in [0.1, 0.15) is 57.4 Å². The van der Waals surface area contributed by atoms with Crippen LogP contribution in [0.4, 0.5) is 0 Å². The van der Waals surface area contributed by atoms with Gasteiger partial charge in [0.2, 0.25) is 0 Å². The van der Waals surface area contributed by atoms with Crippen molar-refractivity contribution < 1.29 is 9.84 Å². The lowest BCUT2D eigenvalue weighted by Crippen LogP contribution is -2.59. The summed E-state index contributed by atoms with van der Waals surface area (Å²) in [5, 5.41) is 10.3. The summed E-state index contributed by atoms with van der Waals surface area (Å²) in [6, 6.07) is 8.41. The van der Waals surface area contributed by atoms with Gasteiger partial charge in [-0.25, -0.2) is 0 Å². The highest BCUT2D eigenvalue weighted by atomic mass is 16.5. The Morgan fingerprint density at radius 1 is 1.20 bits per heavy atom. The van der Waals surface area contributed by atoms with Gasteiger partial charge in [-0.1, -0.05) is 44.7 Å². The van der Waals surface area contributed by atoms with Crippen molar-refractivity contribution in [1.82, 2.24) is 0 Å². The second kappa shape index (κ2) is 5.77. The van der Waals surface area contributed by atoms with Gasteiger partial charge in [-0.3, -0.25) is 0 Å². The van der Waals surface area contributed by atoms with E-state index in [4.69, 9.17) is 4.74 Å². The van der Waals surface area contributed by atoms with E-state index in [0.717, 1.165) is 31.4 Å². The first-order valence-corrected chi connectivity index (χ1v) is 8.18. The Kier molecular flexibility index (Phi) is 4.02. The van der Waals surface area contributed by atoms with Crippen molar-refractivity contribution in [2.24, 2.45) is 5.41 Å². The summed E-state index contributed by atoms with van der Waals surface area (Å²) >= 11 is 0. The van der Waals surface area contributed by atoms with Gasteiger partial charge in [0.05, 0.1) is 6.10 Å². The van der Waals surface area contributed by atoms with Crippen LogP contribution < -0.4 is 4.74 Å². The zero-order valence-electron chi connectivity index (χ0n) is 12.5. The zero-order chi connectivity index (χ0) is 14.0. The average molecular weight is 274 g/mol. The quantitative estimate of drug-likeness (QED) is 0.899. The molecule has 0 heterocycles. The Labute approximate surface area is 122 Å². The molecule has 2 nitrogen and oxygen atoms in total. The lowest BCUT2D eigenvalue weighted by molar-refractivity contribution is -0.163. The van der Waals surface area contributed by atoms with Crippen LogP contribution in [0, 0.1) is 5.41 Å². The normalized spacial score (nSPS) is 28.7. The molecule has 2 fully saturated rings. The fourth-order valence-corrected chi connectivity index (χ4v) is 3.94. The number of aryl methyl sites for hydroxylation is 1. The third kappa shape index (κ3) is 2.46. The number of hydrogen-bond acceptors (Lipinski definition) is 2. The Balaban J connectivity index is 1.73. The van der Waals surface area contributed by atoms with Crippen molar-refractivity contribution in [1.29, 1.82) is 0 Å². The van der Waals surface area contributed by atoms with Gasteiger partial charge in [0.1, 0.15) is 11.9 Å². The van der Waals surface area contributed by atoms with Crippen molar-refractivity contribution in [2.75, 3.05) is 0 Å². The highest BCUT2D eigenvalue weighted by Gasteiger charge is 2.55. The molecule has 110 valence electrons. The minimum Gasteiger partial charge on any atom is -0.490 e. The van der Waals surface area contributed by atoms with E-state index in [0.29, 0.717) is 0 Å². The first-order valence-electron chi connectivity index (χ1n) is 8.18. The largest absolute Gasteiger partial charge is 0.490 e. The van der Waals surface area contributed by atoms with E-state index in [1.807, 2.05) is 6.07 Å². The van der Waals surface area contributed by atoms with Crippen molar-refractivity contribution in [3.8, 4) is 5.75 Å². The number of aliphatic hydroxyl groups is 1. The van der Waals surface area contributed by atoms with Gasteiger partial charge in [-0.15, -0.1) is 0 Å². The summed E-state index contributed by atoms with van der Waals surface area (Å²) in [7, 11) is 0. The van der Waals surface area contributed by atoms with Crippen molar-refractivity contribution >= 4 is 0 Å². The van der Waals surface area contributed by atoms with E-state index in [2.05, 4.69) is 25.1 Å². The summed E-state index contributed by atoms with van der Waals surface area (Å²) in [6.45, 7) is 2.17. The van der Waals surface area contributed by atoms with E-state index in [-0.39, 0.29) is 17.6 Å². The van der Waals surface area contributed by atoms with Gasteiger partial charge in [-0.05, 0) is 37.0 Å². The number of ether oxygens (including phenoxy) is 1. The molecule has 0 aliphatic heterocycles. The molecule has 0 bridgehead atoms. The molecule has 2 aliphatic carbocycles. The Hall–Kier alpha value is -1.02. The van der Waals surface area contributed by atoms with Crippen LogP contribution in [-0.4, -0.2) is 17.3 Å². The van der Waals surface area contributed by atoms with Crippen molar-refractivity contribution in [3.63, 3.8) is 0 Å². The molecule has 0 amide bonds. The summed E-state index contributed by atoms with van der Waals surface area (Å²) in [6.07, 6.45) is 9.27. The first-order chi connectivity index (χ1) is 9.74. The van der Waals surface area contributed by atoms with Gasteiger partial charge in [0.25, 0.3) is 0 Å². The van der Waals surface area contributed by atoms with Gasteiger partial charge in [0.15, 0.2) is 0 Å². The lowest BCUT2D eigenvalue weighted by Gasteiger charge is -2.53. The molecule has 2 atom stereocenters. The average Bonchev–Trinajstić information content (AvgIpc) is 2.75. The van der Waals surface area contributed by atoms with E-state index in [1.54, 1.807) is 0 Å². The minimum atomic E-state index is -0.153. The van der Waals surface area contributed by atoms with E-state index in [9.17, 15) is 5.11 Å². The maximum Gasteiger partial charge on any atom is 0.120 e. The number of benzene rings is 1. The predicted molar refractivity (Wildman–Crippen MR) is 81.0 cm³/mol. The predicted octanol–water partition coefficient (Wildman–Crippen LogP) is 4.10. The van der Waals surface area contributed by atoms with Gasteiger partial charge >= 0.3 is 0 Å². The topological polar surface area (TPSA) is 29.5 Å². The summed E-state index contributed by atoms with van der Waals surface area (Å²) in [4.78, 5) is 0. The van der Waals surface area contributed by atoms with Crippen LogP contribution in [0.5, 0.6) is 5.75 Å². The number of rotatable bonds is 3. The SMILES string of the molecule is CCc1cccc(OC2CC(O)C23CCCCCC3)c1. The molecule has 2 saturated carbocycles. The maximum absolute atomic E-state index is 10.3. The second-order valence-electron chi connectivity index (χ2n) is 6.51. The highest BCUT2D eigenvalue weighted by molar-refractivity contribution is 5.29. The molecule has 3 rings (SSSR count). The number of hydrogen-bond donors (Lipinski definition) is 1. The highest BCUT2D eigenvalue weighted by Crippen LogP contribution is 2.52. The Morgan fingerprint density at radius 2 is 1.95 bits per heavy atom. The fraction of sp³-hybridized carbons (Fsp3) is 0.667. The standard InChI is InChI=1S/C18H26O2/c1-2-14-8-7-9-15(12-14)20-17-13-16(19)18(17)10-5-3-4-6-11-18/h7-9,12,16-17,19H,2-6,10-11,13H2,1H3. The molecular formula is C18H26O2.